The van der Waals surface area contributed by atoms with Gasteiger partial charge < -0.3 is 9.84 Å². The first kappa shape index (κ1) is 16.0. The van der Waals surface area contributed by atoms with Crippen molar-refractivity contribution in [1.82, 2.24) is 4.31 Å². The van der Waals surface area contributed by atoms with Crippen molar-refractivity contribution in [2.45, 2.75) is 23.8 Å². The summed E-state index contributed by atoms with van der Waals surface area (Å²) in [4.78, 5) is 0.232. The molecule has 1 aromatic rings. The van der Waals surface area contributed by atoms with Gasteiger partial charge in [0.05, 0.1) is 11.5 Å². The van der Waals surface area contributed by atoms with Crippen LogP contribution < -0.4 is 0 Å². The summed E-state index contributed by atoms with van der Waals surface area (Å²) in [6.45, 7) is 0.481. The smallest absolute Gasteiger partial charge is 0.243 e. The lowest BCUT2D eigenvalue weighted by Gasteiger charge is -2.21. The summed E-state index contributed by atoms with van der Waals surface area (Å²) in [5, 5.41) is 8.71. The third-order valence-electron chi connectivity index (χ3n) is 3.22. The molecule has 0 radical (unpaired) electrons. The van der Waals surface area contributed by atoms with Gasteiger partial charge in [0, 0.05) is 25.3 Å². The standard InChI is InChI=1S/C15H19NO4S/c1-20-11-9-16(14-7-8-14)21(18,19)15-6-2-4-13(12-15)5-3-10-17/h2,4,6,12,14,17H,7-11H2,1H3. The molecule has 0 unspecified atom stereocenters. The second-order valence-electron chi connectivity index (χ2n) is 4.83. The molecule has 0 atom stereocenters. The number of ether oxygens (including phenoxy) is 1. The Morgan fingerprint density at radius 2 is 2.19 bits per heavy atom. The lowest BCUT2D eigenvalue weighted by Crippen LogP contribution is -2.35. The Morgan fingerprint density at radius 1 is 1.43 bits per heavy atom. The van der Waals surface area contributed by atoms with Crippen molar-refractivity contribution < 1.29 is 18.3 Å². The molecule has 0 bridgehead atoms. The molecule has 0 amide bonds. The van der Waals surface area contributed by atoms with Crippen LogP contribution in [-0.4, -0.2) is 50.7 Å². The maximum Gasteiger partial charge on any atom is 0.243 e. The largest absolute Gasteiger partial charge is 0.384 e. The number of methoxy groups -OCH3 is 1. The molecule has 0 saturated heterocycles. The monoisotopic (exact) mass is 309 g/mol. The number of nitrogens with zero attached hydrogens (tertiary/aromatic N) is 1. The fourth-order valence-corrected chi connectivity index (χ4v) is 3.77. The van der Waals surface area contributed by atoms with E-state index in [4.69, 9.17) is 9.84 Å². The molecule has 1 saturated carbocycles. The molecular formula is C15H19NO4S. The normalized spacial score (nSPS) is 14.8. The number of benzene rings is 1. The van der Waals surface area contributed by atoms with E-state index in [1.54, 1.807) is 31.4 Å². The lowest BCUT2D eigenvalue weighted by atomic mass is 10.2. The van der Waals surface area contributed by atoms with Crippen molar-refractivity contribution in [1.29, 1.82) is 0 Å². The van der Waals surface area contributed by atoms with E-state index in [1.165, 1.54) is 4.31 Å². The molecule has 1 aliphatic carbocycles. The van der Waals surface area contributed by atoms with Crippen LogP contribution in [0.2, 0.25) is 0 Å². The number of aliphatic hydroxyl groups excluding tert-OH is 1. The zero-order valence-corrected chi connectivity index (χ0v) is 12.8. The SMILES string of the molecule is COCCN(C1CC1)S(=O)(=O)c1cccc(C#CCO)c1. The average Bonchev–Trinajstić information content (AvgIpc) is 3.30. The molecule has 6 heteroatoms. The number of hydrogen-bond acceptors (Lipinski definition) is 4. The highest BCUT2D eigenvalue weighted by Crippen LogP contribution is 2.31. The quantitative estimate of drug-likeness (QED) is 0.791. The van der Waals surface area contributed by atoms with Gasteiger partial charge in [-0.3, -0.25) is 0 Å². The van der Waals surface area contributed by atoms with Gasteiger partial charge in [-0.25, -0.2) is 8.42 Å². The first-order chi connectivity index (χ1) is 10.1. The summed E-state index contributed by atoms with van der Waals surface area (Å²) in [6.07, 6.45) is 1.79. The fraction of sp³-hybridized carbons (Fsp3) is 0.467. The van der Waals surface area contributed by atoms with Crippen molar-refractivity contribution in [3.05, 3.63) is 29.8 Å². The van der Waals surface area contributed by atoms with Crippen LogP contribution in [0.3, 0.4) is 0 Å². The molecule has 21 heavy (non-hydrogen) atoms. The van der Waals surface area contributed by atoms with E-state index in [-0.39, 0.29) is 17.5 Å². The summed E-state index contributed by atoms with van der Waals surface area (Å²) in [7, 11) is -1.98. The van der Waals surface area contributed by atoms with Crippen LogP contribution in [0.25, 0.3) is 0 Å². The van der Waals surface area contributed by atoms with Gasteiger partial charge in [-0.2, -0.15) is 4.31 Å². The maximum absolute atomic E-state index is 12.7. The molecule has 0 aliphatic heterocycles. The molecule has 0 spiro atoms. The van der Waals surface area contributed by atoms with Crippen LogP contribution in [0.5, 0.6) is 0 Å². The Kier molecular flexibility index (Phi) is 5.37. The molecular weight excluding hydrogens is 290 g/mol. The number of sulfonamides is 1. The van der Waals surface area contributed by atoms with Gasteiger partial charge in [0.15, 0.2) is 0 Å². The first-order valence-electron chi connectivity index (χ1n) is 6.80. The Hall–Kier alpha value is -1.39. The van der Waals surface area contributed by atoms with E-state index >= 15 is 0 Å². The predicted molar refractivity (Wildman–Crippen MR) is 79.2 cm³/mol. The van der Waals surface area contributed by atoms with E-state index in [0.29, 0.717) is 18.7 Å². The average molecular weight is 309 g/mol. The third-order valence-corrected chi connectivity index (χ3v) is 5.17. The third kappa shape index (κ3) is 4.05. The summed E-state index contributed by atoms with van der Waals surface area (Å²) >= 11 is 0. The summed E-state index contributed by atoms with van der Waals surface area (Å²) in [5.74, 6) is 5.25. The van der Waals surface area contributed by atoms with Crippen LogP contribution in [0.4, 0.5) is 0 Å². The van der Waals surface area contributed by atoms with E-state index < -0.39 is 10.0 Å². The summed E-state index contributed by atoms with van der Waals surface area (Å²) < 4.78 is 31.9. The minimum absolute atomic E-state index is 0.0809. The molecule has 5 nitrogen and oxygen atoms in total. The summed E-state index contributed by atoms with van der Waals surface area (Å²) in [6, 6.07) is 6.58. The predicted octanol–water partition coefficient (Wildman–Crippen LogP) is 0.830. The Morgan fingerprint density at radius 3 is 2.81 bits per heavy atom. The van der Waals surface area contributed by atoms with Crippen LogP contribution in [-0.2, 0) is 14.8 Å². The molecule has 114 valence electrons. The minimum Gasteiger partial charge on any atom is -0.384 e. The zero-order valence-electron chi connectivity index (χ0n) is 11.9. The number of hydrogen-bond donors (Lipinski definition) is 1. The minimum atomic E-state index is -3.53. The number of rotatable bonds is 6. The first-order valence-corrected chi connectivity index (χ1v) is 8.24. The zero-order chi connectivity index (χ0) is 15.3. The molecule has 1 N–H and O–H groups in total. The highest BCUT2D eigenvalue weighted by Gasteiger charge is 2.37. The lowest BCUT2D eigenvalue weighted by molar-refractivity contribution is 0.177. The van der Waals surface area contributed by atoms with Gasteiger partial charge in [0.25, 0.3) is 0 Å². The molecule has 1 aliphatic rings. The van der Waals surface area contributed by atoms with Gasteiger partial charge in [0.2, 0.25) is 10.0 Å². The molecule has 2 rings (SSSR count). The van der Waals surface area contributed by atoms with Crippen molar-refractivity contribution in [2.24, 2.45) is 0 Å². The van der Waals surface area contributed by atoms with Crippen molar-refractivity contribution in [3.8, 4) is 11.8 Å². The van der Waals surface area contributed by atoms with Crippen LogP contribution in [0.15, 0.2) is 29.2 Å². The van der Waals surface area contributed by atoms with E-state index in [1.807, 2.05) is 0 Å². The Bertz CT molecular complexity index is 641. The maximum atomic E-state index is 12.7. The van der Waals surface area contributed by atoms with Gasteiger partial charge in [0.1, 0.15) is 6.61 Å². The second-order valence-corrected chi connectivity index (χ2v) is 6.72. The highest BCUT2D eigenvalue weighted by atomic mass is 32.2. The van der Waals surface area contributed by atoms with Crippen LogP contribution in [0.1, 0.15) is 18.4 Å². The topological polar surface area (TPSA) is 66.8 Å². The van der Waals surface area contributed by atoms with Crippen molar-refractivity contribution in [2.75, 3.05) is 26.9 Å². The van der Waals surface area contributed by atoms with E-state index in [0.717, 1.165) is 12.8 Å². The van der Waals surface area contributed by atoms with E-state index in [2.05, 4.69) is 11.8 Å². The van der Waals surface area contributed by atoms with Crippen LogP contribution in [0, 0.1) is 11.8 Å². The van der Waals surface area contributed by atoms with Crippen molar-refractivity contribution >= 4 is 10.0 Å². The molecule has 1 aromatic carbocycles. The van der Waals surface area contributed by atoms with Crippen molar-refractivity contribution in [3.63, 3.8) is 0 Å². The van der Waals surface area contributed by atoms with Gasteiger partial charge >= 0.3 is 0 Å². The summed E-state index contributed by atoms with van der Waals surface area (Å²) in [5.41, 5.74) is 0.576. The van der Waals surface area contributed by atoms with Gasteiger partial charge in [-0.1, -0.05) is 17.9 Å². The van der Waals surface area contributed by atoms with Gasteiger partial charge in [-0.15, -0.1) is 0 Å². The highest BCUT2D eigenvalue weighted by molar-refractivity contribution is 7.89. The fourth-order valence-electron chi connectivity index (χ4n) is 2.05. The molecule has 0 aromatic heterocycles. The van der Waals surface area contributed by atoms with Crippen LogP contribution >= 0.6 is 0 Å². The molecule has 0 heterocycles. The second kappa shape index (κ2) is 7.05. The van der Waals surface area contributed by atoms with E-state index in [9.17, 15) is 8.42 Å². The Labute approximate surface area is 125 Å². The van der Waals surface area contributed by atoms with Gasteiger partial charge in [-0.05, 0) is 31.0 Å². The number of aliphatic hydroxyl groups is 1. The Balaban J connectivity index is 2.28. The molecule has 1 fully saturated rings.